The molecule has 0 amide bonds. The SMILES string of the molecule is CSC1CCCC(Nc2cccc(C(=O)O)c2)C1. The van der Waals surface area contributed by atoms with Crippen molar-refractivity contribution in [3.05, 3.63) is 29.8 Å². The van der Waals surface area contributed by atoms with Gasteiger partial charge < -0.3 is 10.4 Å². The minimum atomic E-state index is -0.871. The summed E-state index contributed by atoms with van der Waals surface area (Å²) in [5.74, 6) is -0.871. The third-order valence-corrected chi connectivity index (χ3v) is 4.53. The van der Waals surface area contributed by atoms with E-state index in [1.54, 1.807) is 18.2 Å². The molecule has 1 aliphatic rings. The summed E-state index contributed by atoms with van der Waals surface area (Å²) in [7, 11) is 0. The van der Waals surface area contributed by atoms with E-state index in [1.807, 2.05) is 17.8 Å². The van der Waals surface area contributed by atoms with E-state index in [0.29, 0.717) is 11.6 Å². The Morgan fingerprint density at radius 3 is 3.00 bits per heavy atom. The topological polar surface area (TPSA) is 49.3 Å². The van der Waals surface area contributed by atoms with Gasteiger partial charge in [-0.3, -0.25) is 0 Å². The van der Waals surface area contributed by atoms with Crippen molar-refractivity contribution in [2.24, 2.45) is 0 Å². The molecule has 0 saturated heterocycles. The number of benzene rings is 1. The van der Waals surface area contributed by atoms with E-state index in [1.165, 1.54) is 25.7 Å². The molecule has 1 fully saturated rings. The van der Waals surface area contributed by atoms with E-state index in [9.17, 15) is 4.79 Å². The summed E-state index contributed by atoms with van der Waals surface area (Å²) in [4.78, 5) is 10.9. The largest absolute Gasteiger partial charge is 0.478 e. The molecule has 0 heterocycles. The lowest BCUT2D eigenvalue weighted by molar-refractivity contribution is 0.0697. The molecular weight excluding hydrogens is 246 g/mol. The lowest BCUT2D eigenvalue weighted by atomic mass is 9.94. The maximum absolute atomic E-state index is 10.9. The zero-order valence-corrected chi connectivity index (χ0v) is 11.4. The molecule has 2 rings (SSSR count). The molecule has 2 atom stereocenters. The van der Waals surface area contributed by atoms with Crippen molar-refractivity contribution in [2.45, 2.75) is 37.0 Å². The molecule has 2 N–H and O–H groups in total. The number of hydrogen-bond acceptors (Lipinski definition) is 3. The van der Waals surface area contributed by atoms with Gasteiger partial charge in [0.15, 0.2) is 0 Å². The van der Waals surface area contributed by atoms with E-state index in [4.69, 9.17) is 5.11 Å². The molecular formula is C14H19NO2S. The van der Waals surface area contributed by atoms with Crippen molar-refractivity contribution < 1.29 is 9.90 Å². The minimum absolute atomic E-state index is 0.345. The number of carbonyl (C=O) groups is 1. The molecule has 1 aromatic rings. The number of nitrogens with one attached hydrogen (secondary N) is 1. The zero-order chi connectivity index (χ0) is 13.0. The van der Waals surface area contributed by atoms with Crippen molar-refractivity contribution in [1.29, 1.82) is 0 Å². The second-order valence-corrected chi connectivity index (χ2v) is 5.89. The molecule has 0 bridgehead atoms. The van der Waals surface area contributed by atoms with Gasteiger partial charge in [-0.15, -0.1) is 0 Å². The van der Waals surface area contributed by atoms with Crippen LogP contribution in [0.5, 0.6) is 0 Å². The van der Waals surface area contributed by atoms with E-state index >= 15 is 0 Å². The van der Waals surface area contributed by atoms with Crippen LogP contribution in [0.4, 0.5) is 5.69 Å². The van der Waals surface area contributed by atoms with Gasteiger partial charge >= 0.3 is 5.97 Å². The highest BCUT2D eigenvalue weighted by atomic mass is 32.2. The van der Waals surface area contributed by atoms with Crippen LogP contribution in [0.2, 0.25) is 0 Å². The quantitative estimate of drug-likeness (QED) is 0.875. The van der Waals surface area contributed by atoms with Crippen LogP contribution in [-0.2, 0) is 0 Å². The van der Waals surface area contributed by atoms with Crippen LogP contribution in [0.3, 0.4) is 0 Å². The highest BCUT2D eigenvalue weighted by Gasteiger charge is 2.21. The summed E-state index contributed by atoms with van der Waals surface area (Å²) in [5.41, 5.74) is 1.26. The van der Waals surface area contributed by atoms with Gasteiger partial charge in [-0.2, -0.15) is 11.8 Å². The number of carboxylic acid groups (broad SMARTS) is 1. The average molecular weight is 265 g/mol. The number of aromatic carboxylic acids is 1. The predicted molar refractivity (Wildman–Crippen MR) is 76.6 cm³/mol. The Bertz CT molecular complexity index is 422. The van der Waals surface area contributed by atoms with Crippen molar-refractivity contribution in [3.8, 4) is 0 Å². The molecule has 0 aliphatic heterocycles. The van der Waals surface area contributed by atoms with E-state index in [0.717, 1.165) is 10.9 Å². The summed E-state index contributed by atoms with van der Waals surface area (Å²) in [5, 5.41) is 13.2. The molecule has 1 saturated carbocycles. The summed E-state index contributed by atoms with van der Waals surface area (Å²) in [6.07, 6.45) is 7.06. The Balaban J connectivity index is 2.00. The van der Waals surface area contributed by atoms with Gasteiger partial charge in [0.05, 0.1) is 5.56 Å². The van der Waals surface area contributed by atoms with Crippen LogP contribution in [-0.4, -0.2) is 28.6 Å². The first-order valence-electron chi connectivity index (χ1n) is 6.31. The second-order valence-electron chi connectivity index (χ2n) is 4.75. The van der Waals surface area contributed by atoms with Gasteiger partial charge in [0.25, 0.3) is 0 Å². The molecule has 0 aromatic heterocycles. The second kappa shape index (κ2) is 6.14. The van der Waals surface area contributed by atoms with Crippen LogP contribution in [0, 0.1) is 0 Å². The van der Waals surface area contributed by atoms with E-state index < -0.39 is 5.97 Å². The minimum Gasteiger partial charge on any atom is -0.478 e. The fourth-order valence-electron chi connectivity index (χ4n) is 2.47. The number of thioether (sulfide) groups is 1. The van der Waals surface area contributed by atoms with Crippen LogP contribution in [0.25, 0.3) is 0 Å². The van der Waals surface area contributed by atoms with Crippen LogP contribution in [0.15, 0.2) is 24.3 Å². The van der Waals surface area contributed by atoms with Gasteiger partial charge in [0.1, 0.15) is 0 Å². The Morgan fingerprint density at radius 1 is 1.44 bits per heavy atom. The highest BCUT2D eigenvalue weighted by Crippen LogP contribution is 2.28. The van der Waals surface area contributed by atoms with Gasteiger partial charge in [0.2, 0.25) is 0 Å². The van der Waals surface area contributed by atoms with Crippen LogP contribution in [0.1, 0.15) is 36.0 Å². The summed E-state index contributed by atoms with van der Waals surface area (Å²) < 4.78 is 0. The first kappa shape index (κ1) is 13.3. The molecule has 18 heavy (non-hydrogen) atoms. The van der Waals surface area contributed by atoms with E-state index in [2.05, 4.69) is 11.6 Å². The highest BCUT2D eigenvalue weighted by molar-refractivity contribution is 7.99. The Hall–Kier alpha value is -1.16. The van der Waals surface area contributed by atoms with Crippen molar-refractivity contribution >= 4 is 23.4 Å². The maximum Gasteiger partial charge on any atom is 0.335 e. The van der Waals surface area contributed by atoms with Crippen LogP contribution >= 0.6 is 11.8 Å². The van der Waals surface area contributed by atoms with Crippen molar-refractivity contribution in [3.63, 3.8) is 0 Å². The fourth-order valence-corrected chi connectivity index (χ4v) is 3.29. The number of anilines is 1. The van der Waals surface area contributed by atoms with Gasteiger partial charge in [-0.05, 0) is 43.7 Å². The van der Waals surface area contributed by atoms with Crippen LogP contribution < -0.4 is 5.32 Å². The molecule has 4 heteroatoms. The number of carboxylic acids is 1. The average Bonchev–Trinajstić information content (AvgIpc) is 2.39. The Kier molecular flexibility index (Phi) is 4.53. The molecule has 3 nitrogen and oxygen atoms in total. The van der Waals surface area contributed by atoms with Gasteiger partial charge in [-0.25, -0.2) is 4.79 Å². The fraction of sp³-hybridized carbons (Fsp3) is 0.500. The van der Waals surface area contributed by atoms with E-state index in [-0.39, 0.29) is 0 Å². The zero-order valence-electron chi connectivity index (χ0n) is 10.6. The van der Waals surface area contributed by atoms with Gasteiger partial charge in [-0.1, -0.05) is 12.5 Å². The lowest BCUT2D eigenvalue weighted by Crippen LogP contribution is -2.28. The maximum atomic E-state index is 10.9. The summed E-state index contributed by atoms with van der Waals surface area (Å²) >= 11 is 1.93. The van der Waals surface area contributed by atoms with Gasteiger partial charge in [0, 0.05) is 17.0 Å². The number of rotatable bonds is 4. The Morgan fingerprint density at radius 2 is 2.28 bits per heavy atom. The summed E-state index contributed by atoms with van der Waals surface area (Å²) in [6.45, 7) is 0. The molecule has 0 radical (unpaired) electrons. The molecule has 98 valence electrons. The molecule has 1 aromatic carbocycles. The predicted octanol–water partition coefficient (Wildman–Crippen LogP) is 3.47. The van der Waals surface area contributed by atoms with Crippen molar-refractivity contribution in [2.75, 3.05) is 11.6 Å². The Labute approximate surface area is 112 Å². The molecule has 1 aliphatic carbocycles. The first-order chi connectivity index (χ1) is 8.69. The standard InChI is InChI=1S/C14H19NO2S/c1-18-13-7-3-6-12(9-13)15-11-5-2-4-10(8-11)14(16)17/h2,4-5,8,12-13,15H,3,6-7,9H2,1H3,(H,16,17). The first-order valence-corrected chi connectivity index (χ1v) is 7.60. The lowest BCUT2D eigenvalue weighted by Gasteiger charge is -2.29. The smallest absolute Gasteiger partial charge is 0.335 e. The normalized spacial score (nSPS) is 23.6. The van der Waals surface area contributed by atoms with Crippen molar-refractivity contribution in [1.82, 2.24) is 0 Å². The number of hydrogen-bond donors (Lipinski definition) is 2. The molecule has 2 unspecified atom stereocenters. The third kappa shape index (κ3) is 3.42. The summed E-state index contributed by atoms with van der Waals surface area (Å²) in [6, 6.07) is 7.54. The monoisotopic (exact) mass is 265 g/mol. The third-order valence-electron chi connectivity index (χ3n) is 3.44. The molecule has 0 spiro atoms.